The van der Waals surface area contributed by atoms with Gasteiger partial charge in [0.25, 0.3) is 0 Å². The fraction of sp³-hybridized carbons (Fsp3) is 0.671. The van der Waals surface area contributed by atoms with Gasteiger partial charge in [-0.2, -0.15) is 0 Å². The van der Waals surface area contributed by atoms with E-state index >= 15 is 0 Å². The van der Waals surface area contributed by atoms with Crippen LogP contribution in [0.2, 0.25) is 0 Å². The van der Waals surface area contributed by atoms with Gasteiger partial charge in [0, 0.05) is 19.3 Å². The minimum absolute atomic E-state index is 0.0847. The lowest BCUT2D eigenvalue weighted by Crippen LogP contribution is -2.30. The highest BCUT2D eigenvalue weighted by Gasteiger charge is 2.19. The molecule has 0 aliphatic carbocycles. The normalized spacial score (nSPS) is 12.9. The van der Waals surface area contributed by atoms with E-state index in [1.807, 2.05) is 0 Å². The second-order valence-corrected chi connectivity index (χ2v) is 20.6. The summed E-state index contributed by atoms with van der Waals surface area (Å²) in [6.45, 7) is 6.46. The Balaban J connectivity index is 4.23. The van der Waals surface area contributed by atoms with E-state index in [-0.39, 0.29) is 31.1 Å². The first-order chi connectivity index (χ1) is 37.5. The van der Waals surface area contributed by atoms with Crippen molar-refractivity contribution in [3.63, 3.8) is 0 Å². The lowest BCUT2D eigenvalue weighted by molar-refractivity contribution is -0.167. The SMILES string of the molecule is CC/C=C\C/C=C\C/C=C\C/C=C\C/C=C\C/C=C\C/C=C\C/C=C\CCCCCCCCC(=O)OCC(COC(=O)CCCCCCCCCC)OC(=O)CCCCCCCCCCC/C=C\C/C=C\CCCCC. The lowest BCUT2D eigenvalue weighted by Gasteiger charge is -2.18. The van der Waals surface area contributed by atoms with E-state index in [0.29, 0.717) is 19.3 Å². The quantitative estimate of drug-likeness (QED) is 0.0261. The lowest BCUT2D eigenvalue weighted by atomic mass is 10.1. The summed E-state index contributed by atoms with van der Waals surface area (Å²) >= 11 is 0. The van der Waals surface area contributed by atoms with Crippen LogP contribution in [0, 0.1) is 0 Å². The topological polar surface area (TPSA) is 78.9 Å². The van der Waals surface area contributed by atoms with Crippen molar-refractivity contribution in [3.8, 4) is 0 Å². The molecule has 0 spiro atoms. The number of hydrogen-bond acceptors (Lipinski definition) is 6. The van der Waals surface area contributed by atoms with Gasteiger partial charge in [-0.3, -0.25) is 14.4 Å². The minimum Gasteiger partial charge on any atom is -0.462 e. The van der Waals surface area contributed by atoms with E-state index in [1.54, 1.807) is 0 Å². The molecule has 0 N–H and O–H groups in total. The predicted octanol–water partition coefficient (Wildman–Crippen LogP) is 21.6. The van der Waals surface area contributed by atoms with Crippen LogP contribution >= 0.6 is 0 Å². The van der Waals surface area contributed by atoms with Crippen LogP contribution in [0.3, 0.4) is 0 Å². The molecule has 0 fully saturated rings. The first-order valence-electron chi connectivity index (χ1n) is 31.5. The highest BCUT2D eigenvalue weighted by atomic mass is 16.6. The predicted molar refractivity (Wildman–Crippen MR) is 330 cm³/mol. The molecule has 6 heteroatoms. The molecule has 0 saturated heterocycles. The molecule has 0 bridgehead atoms. The van der Waals surface area contributed by atoms with Crippen molar-refractivity contribution in [2.24, 2.45) is 0 Å². The van der Waals surface area contributed by atoms with Crippen LogP contribution in [-0.4, -0.2) is 37.2 Å². The number of rotatable bonds is 56. The molecule has 0 aliphatic heterocycles. The standard InChI is InChI=1S/C70H116O6/c1-4-7-10-13-16-19-21-23-25-27-29-30-31-32-33-34-35-36-37-38-39-40-42-43-45-47-49-51-54-57-60-63-69(72)75-66-67(65-74-68(71)62-59-56-53-18-15-12-9-6-3)76-70(73)64-61-58-55-52-50-48-46-44-41-28-26-24-22-20-17-14-11-8-5-2/h7,10,16-17,19-20,23-26,29-30,32-33,35-36,38-39,42-43,67H,4-6,8-9,11-15,18,21-22,27-28,31,34,37,40-41,44-66H2,1-3H3/b10-7-,19-16-,20-17-,25-23-,26-24-,30-29-,33-32-,36-35-,39-38-,43-42-. The highest BCUT2D eigenvalue weighted by Crippen LogP contribution is 2.15. The highest BCUT2D eigenvalue weighted by molar-refractivity contribution is 5.71. The Morgan fingerprint density at radius 3 is 0.829 bits per heavy atom. The van der Waals surface area contributed by atoms with Gasteiger partial charge in [-0.1, -0.05) is 271 Å². The van der Waals surface area contributed by atoms with Crippen LogP contribution in [0.1, 0.15) is 284 Å². The third-order valence-electron chi connectivity index (χ3n) is 13.2. The molecule has 0 radical (unpaired) electrons. The van der Waals surface area contributed by atoms with Crippen LogP contribution in [0.25, 0.3) is 0 Å². The van der Waals surface area contributed by atoms with E-state index in [9.17, 15) is 14.4 Å². The van der Waals surface area contributed by atoms with Gasteiger partial charge in [-0.25, -0.2) is 0 Å². The summed E-state index contributed by atoms with van der Waals surface area (Å²) in [5.74, 6) is -0.906. The molecule has 432 valence electrons. The second kappa shape index (κ2) is 63.3. The number of carbonyl (C=O) groups excluding carboxylic acids is 3. The maximum Gasteiger partial charge on any atom is 0.306 e. The molecule has 0 aromatic rings. The summed E-state index contributed by atoms with van der Waals surface area (Å²) in [5.41, 5.74) is 0. The maximum absolute atomic E-state index is 12.9. The van der Waals surface area contributed by atoms with Gasteiger partial charge < -0.3 is 14.2 Å². The molecule has 76 heavy (non-hydrogen) atoms. The Morgan fingerprint density at radius 1 is 0.276 bits per heavy atom. The van der Waals surface area contributed by atoms with E-state index in [2.05, 4.69) is 142 Å². The zero-order valence-corrected chi connectivity index (χ0v) is 49.5. The maximum atomic E-state index is 12.9. The van der Waals surface area contributed by atoms with Crippen molar-refractivity contribution < 1.29 is 28.6 Å². The fourth-order valence-electron chi connectivity index (χ4n) is 8.49. The van der Waals surface area contributed by atoms with E-state index in [4.69, 9.17) is 14.2 Å². The number of ether oxygens (including phenoxy) is 3. The third-order valence-corrected chi connectivity index (χ3v) is 13.2. The Labute approximate surface area is 469 Å². The van der Waals surface area contributed by atoms with Crippen LogP contribution in [0.15, 0.2) is 122 Å². The van der Waals surface area contributed by atoms with E-state index in [0.717, 1.165) is 128 Å². The van der Waals surface area contributed by atoms with Crippen LogP contribution in [0.4, 0.5) is 0 Å². The molecule has 0 amide bonds. The molecule has 6 nitrogen and oxygen atoms in total. The zero-order chi connectivity index (χ0) is 55.0. The molecule has 0 aliphatic rings. The van der Waals surface area contributed by atoms with Crippen LogP contribution < -0.4 is 0 Å². The number of allylic oxidation sites excluding steroid dienone is 20. The molecular formula is C70H116O6. The molecule has 0 aromatic heterocycles. The number of esters is 3. The van der Waals surface area contributed by atoms with E-state index in [1.165, 1.54) is 116 Å². The average molecular weight is 1050 g/mol. The van der Waals surface area contributed by atoms with Gasteiger partial charge >= 0.3 is 17.9 Å². The summed E-state index contributed by atoms with van der Waals surface area (Å²) in [6.07, 6.45) is 87.8. The van der Waals surface area contributed by atoms with E-state index < -0.39 is 6.10 Å². The molecule has 0 aromatic carbocycles. The fourth-order valence-corrected chi connectivity index (χ4v) is 8.49. The number of hydrogen-bond donors (Lipinski definition) is 0. The van der Waals surface area contributed by atoms with Gasteiger partial charge in [-0.15, -0.1) is 0 Å². The van der Waals surface area contributed by atoms with Gasteiger partial charge in [-0.05, 0) is 116 Å². The first-order valence-corrected chi connectivity index (χ1v) is 31.5. The van der Waals surface area contributed by atoms with Crippen molar-refractivity contribution in [3.05, 3.63) is 122 Å². The Kier molecular flexibility index (Phi) is 59.9. The van der Waals surface area contributed by atoms with Crippen molar-refractivity contribution in [2.45, 2.75) is 290 Å². The number of unbranched alkanes of at least 4 members (excludes halogenated alkanes) is 25. The van der Waals surface area contributed by atoms with Crippen molar-refractivity contribution in [1.29, 1.82) is 0 Å². The molecule has 0 saturated carbocycles. The monoisotopic (exact) mass is 1050 g/mol. The van der Waals surface area contributed by atoms with Crippen molar-refractivity contribution in [2.75, 3.05) is 13.2 Å². The number of carbonyl (C=O) groups is 3. The summed E-state index contributed by atoms with van der Waals surface area (Å²) in [4.78, 5) is 38.1. The summed E-state index contributed by atoms with van der Waals surface area (Å²) < 4.78 is 16.8. The smallest absolute Gasteiger partial charge is 0.306 e. The molecular weight excluding hydrogens is 937 g/mol. The van der Waals surface area contributed by atoms with Gasteiger partial charge in [0.05, 0.1) is 0 Å². The molecule has 0 heterocycles. The first kappa shape index (κ1) is 71.8. The van der Waals surface area contributed by atoms with Crippen molar-refractivity contribution in [1.82, 2.24) is 0 Å². The largest absolute Gasteiger partial charge is 0.462 e. The zero-order valence-electron chi connectivity index (χ0n) is 49.5. The molecule has 1 unspecified atom stereocenters. The Morgan fingerprint density at radius 2 is 0.513 bits per heavy atom. The summed E-state index contributed by atoms with van der Waals surface area (Å²) in [5, 5.41) is 0. The molecule has 0 rings (SSSR count). The Bertz CT molecular complexity index is 1590. The van der Waals surface area contributed by atoms with Crippen molar-refractivity contribution >= 4 is 17.9 Å². The Hall–Kier alpha value is -4.19. The van der Waals surface area contributed by atoms with Crippen LogP contribution in [0.5, 0.6) is 0 Å². The van der Waals surface area contributed by atoms with Crippen LogP contribution in [-0.2, 0) is 28.6 Å². The van der Waals surface area contributed by atoms with Gasteiger partial charge in [0.15, 0.2) is 6.10 Å². The second-order valence-electron chi connectivity index (χ2n) is 20.6. The summed E-state index contributed by atoms with van der Waals surface area (Å²) in [7, 11) is 0. The molecule has 1 atom stereocenters. The average Bonchev–Trinajstić information content (AvgIpc) is 3.42. The third kappa shape index (κ3) is 60.7. The summed E-state index contributed by atoms with van der Waals surface area (Å²) in [6, 6.07) is 0. The van der Waals surface area contributed by atoms with Gasteiger partial charge in [0.2, 0.25) is 0 Å². The van der Waals surface area contributed by atoms with Gasteiger partial charge in [0.1, 0.15) is 13.2 Å². The minimum atomic E-state index is -0.787.